The molecule has 4 atom stereocenters. The highest BCUT2D eigenvalue weighted by Gasteiger charge is 2.40. The van der Waals surface area contributed by atoms with E-state index in [1.807, 2.05) is 0 Å². The Morgan fingerprint density at radius 1 is 1.38 bits per heavy atom. The summed E-state index contributed by atoms with van der Waals surface area (Å²) in [6.45, 7) is 10.8. The number of likely N-dealkylation sites (tertiary alicyclic amines) is 1. The van der Waals surface area contributed by atoms with E-state index in [1.54, 1.807) is 0 Å². The zero-order valence-electron chi connectivity index (χ0n) is 10.9. The van der Waals surface area contributed by atoms with Crippen molar-refractivity contribution in [2.75, 3.05) is 26.3 Å². The maximum atomic E-state index is 6.16. The molecular formula is C13H26N2O. The molecule has 94 valence electrons. The molecule has 2 aliphatic heterocycles. The summed E-state index contributed by atoms with van der Waals surface area (Å²) >= 11 is 0. The Balaban J connectivity index is 1.97. The Morgan fingerprint density at radius 2 is 2.12 bits per heavy atom. The Bertz CT molecular complexity index is 246. The number of piperidine rings is 1. The number of hydrogen-bond donors (Lipinski definition) is 1. The fourth-order valence-electron chi connectivity index (χ4n) is 2.95. The first kappa shape index (κ1) is 12.3. The van der Waals surface area contributed by atoms with Gasteiger partial charge in [0.2, 0.25) is 0 Å². The molecule has 2 aliphatic rings. The molecule has 0 aromatic carbocycles. The molecule has 2 N–H and O–H groups in total. The summed E-state index contributed by atoms with van der Waals surface area (Å²) in [5.74, 6) is 0.832. The van der Waals surface area contributed by atoms with E-state index >= 15 is 0 Å². The first-order chi connectivity index (χ1) is 7.51. The summed E-state index contributed by atoms with van der Waals surface area (Å²) in [5.41, 5.74) is 6.32. The topological polar surface area (TPSA) is 38.5 Å². The molecular weight excluding hydrogens is 200 g/mol. The van der Waals surface area contributed by atoms with E-state index in [0.29, 0.717) is 6.04 Å². The third-order valence-electron chi connectivity index (χ3n) is 4.44. The average Bonchev–Trinajstić information content (AvgIpc) is 2.53. The van der Waals surface area contributed by atoms with Gasteiger partial charge in [-0.25, -0.2) is 0 Å². The molecule has 2 fully saturated rings. The predicted octanol–water partition coefficient (Wildman–Crippen LogP) is 1.47. The lowest BCUT2D eigenvalue weighted by molar-refractivity contribution is 0.0606. The molecule has 2 heterocycles. The second kappa shape index (κ2) is 4.63. The normalized spacial score (nSPS) is 46.1. The van der Waals surface area contributed by atoms with Crippen LogP contribution in [0.5, 0.6) is 0 Å². The third kappa shape index (κ3) is 2.41. The van der Waals surface area contributed by atoms with Gasteiger partial charge in [-0.3, -0.25) is 4.90 Å². The van der Waals surface area contributed by atoms with Crippen molar-refractivity contribution in [1.29, 1.82) is 0 Å². The van der Waals surface area contributed by atoms with Crippen molar-refractivity contribution >= 4 is 0 Å². The maximum absolute atomic E-state index is 6.16. The summed E-state index contributed by atoms with van der Waals surface area (Å²) in [6.07, 6.45) is 2.70. The first-order valence-electron chi connectivity index (χ1n) is 6.58. The van der Waals surface area contributed by atoms with Gasteiger partial charge >= 0.3 is 0 Å². The van der Waals surface area contributed by atoms with Gasteiger partial charge in [0.05, 0.1) is 13.2 Å². The van der Waals surface area contributed by atoms with Gasteiger partial charge in [-0.15, -0.1) is 0 Å². The molecule has 16 heavy (non-hydrogen) atoms. The van der Waals surface area contributed by atoms with Crippen LogP contribution in [0.3, 0.4) is 0 Å². The highest BCUT2D eigenvalue weighted by atomic mass is 16.5. The van der Waals surface area contributed by atoms with E-state index in [1.165, 1.54) is 19.4 Å². The van der Waals surface area contributed by atoms with E-state index in [0.717, 1.165) is 25.7 Å². The molecule has 0 aromatic rings. The Hall–Kier alpha value is -0.120. The lowest BCUT2D eigenvalue weighted by Gasteiger charge is -2.42. The summed E-state index contributed by atoms with van der Waals surface area (Å²) in [5, 5.41) is 0. The Labute approximate surface area is 99.3 Å². The summed E-state index contributed by atoms with van der Waals surface area (Å²) < 4.78 is 5.52. The molecule has 0 spiro atoms. The molecule has 2 rings (SSSR count). The zero-order valence-corrected chi connectivity index (χ0v) is 10.9. The van der Waals surface area contributed by atoms with Gasteiger partial charge in [-0.05, 0) is 25.7 Å². The van der Waals surface area contributed by atoms with Crippen LogP contribution in [-0.4, -0.2) is 43.3 Å². The molecule has 0 aromatic heterocycles. The molecule has 0 radical (unpaired) electrons. The van der Waals surface area contributed by atoms with Crippen LogP contribution in [0.2, 0.25) is 0 Å². The van der Waals surface area contributed by atoms with E-state index in [2.05, 4.69) is 25.7 Å². The van der Waals surface area contributed by atoms with Crippen molar-refractivity contribution in [3.05, 3.63) is 0 Å². The minimum absolute atomic E-state index is 0.158. The largest absolute Gasteiger partial charge is 0.379 e. The van der Waals surface area contributed by atoms with Crippen LogP contribution in [0.25, 0.3) is 0 Å². The van der Waals surface area contributed by atoms with Crippen molar-refractivity contribution in [3.8, 4) is 0 Å². The second-order valence-electron chi connectivity index (χ2n) is 6.24. The molecule has 3 heteroatoms. The standard InChI is InChI=1S/C13H26N2O/c1-10-4-5-11(2)15(6-10)8-13(3)9-16-7-12(13)14/h10-12H,4-9,14H2,1-3H3. The fourth-order valence-corrected chi connectivity index (χ4v) is 2.95. The third-order valence-corrected chi connectivity index (χ3v) is 4.44. The van der Waals surface area contributed by atoms with Crippen LogP contribution in [0.1, 0.15) is 33.6 Å². The van der Waals surface area contributed by atoms with Crippen LogP contribution in [0, 0.1) is 11.3 Å². The van der Waals surface area contributed by atoms with Crippen molar-refractivity contribution in [2.24, 2.45) is 17.1 Å². The summed E-state index contributed by atoms with van der Waals surface area (Å²) in [4.78, 5) is 2.61. The SMILES string of the molecule is CC1CCC(C)N(CC2(C)COCC2N)C1. The predicted molar refractivity (Wildman–Crippen MR) is 66.3 cm³/mol. The summed E-state index contributed by atoms with van der Waals surface area (Å²) in [6, 6.07) is 0.915. The van der Waals surface area contributed by atoms with Gasteiger partial charge in [0, 0.05) is 30.6 Å². The van der Waals surface area contributed by atoms with Gasteiger partial charge < -0.3 is 10.5 Å². The molecule has 4 unspecified atom stereocenters. The molecule has 3 nitrogen and oxygen atoms in total. The van der Waals surface area contributed by atoms with Crippen molar-refractivity contribution < 1.29 is 4.74 Å². The number of nitrogens with two attached hydrogens (primary N) is 1. The maximum Gasteiger partial charge on any atom is 0.0624 e. The minimum atomic E-state index is 0.158. The number of ether oxygens (including phenoxy) is 1. The van der Waals surface area contributed by atoms with Crippen LogP contribution < -0.4 is 5.73 Å². The Morgan fingerprint density at radius 3 is 2.75 bits per heavy atom. The summed E-state index contributed by atoms with van der Waals surface area (Å²) in [7, 11) is 0. The lowest BCUT2D eigenvalue weighted by Crippen LogP contribution is -2.51. The van der Waals surface area contributed by atoms with Gasteiger partial charge in [-0.1, -0.05) is 13.8 Å². The van der Waals surface area contributed by atoms with E-state index in [4.69, 9.17) is 10.5 Å². The zero-order chi connectivity index (χ0) is 11.8. The highest BCUT2D eigenvalue weighted by Crippen LogP contribution is 2.31. The van der Waals surface area contributed by atoms with Crippen molar-refractivity contribution in [3.63, 3.8) is 0 Å². The van der Waals surface area contributed by atoms with Crippen molar-refractivity contribution in [1.82, 2.24) is 4.90 Å². The molecule has 0 saturated carbocycles. The second-order valence-corrected chi connectivity index (χ2v) is 6.24. The van der Waals surface area contributed by atoms with E-state index in [9.17, 15) is 0 Å². The van der Waals surface area contributed by atoms with Crippen LogP contribution in [0.15, 0.2) is 0 Å². The lowest BCUT2D eigenvalue weighted by atomic mass is 9.83. The van der Waals surface area contributed by atoms with Gasteiger partial charge in [-0.2, -0.15) is 0 Å². The molecule has 0 aliphatic carbocycles. The quantitative estimate of drug-likeness (QED) is 0.775. The van der Waals surface area contributed by atoms with Gasteiger partial charge in [0.15, 0.2) is 0 Å². The first-order valence-corrected chi connectivity index (χ1v) is 6.58. The number of nitrogens with zero attached hydrogens (tertiary/aromatic N) is 1. The molecule has 0 bridgehead atoms. The van der Waals surface area contributed by atoms with E-state index < -0.39 is 0 Å². The highest BCUT2D eigenvalue weighted by molar-refractivity contribution is 4.94. The number of hydrogen-bond acceptors (Lipinski definition) is 3. The van der Waals surface area contributed by atoms with Crippen LogP contribution in [0.4, 0.5) is 0 Å². The van der Waals surface area contributed by atoms with E-state index in [-0.39, 0.29) is 11.5 Å². The van der Waals surface area contributed by atoms with Crippen LogP contribution in [-0.2, 0) is 4.74 Å². The van der Waals surface area contributed by atoms with Gasteiger partial charge in [0.1, 0.15) is 0 Å². The van der Waals surface area contributed by atoms with Crippen molar-refractivity contribution in [2.45, 2.75) is 45.7 Å². The van der Waals surface area contributed by atoms with Gasteiger partial charge in [0.25, 0.3) is 0 Å². The minimum Gasteiger partial charge on any atom is -0.379 e. The molecule has 0 amide bonds. The number of rotatable bonds is 2. The van der Waals surface area contributed by atoms with Crippen LogP contribution >= 0.6 is 0 Å². The molecule has 2 saturated heterocycles. The smallest absolute Gasteiger partial charge is 0.0624 e. The fraction of sp³-hybridized carbons (Fsp3) is 1.00. The average molecular weight is 226 g/mol. The monoisotopic (exact) mass is 226 g/mol. The Kier molecular flexibility index (Phi) is 3.57.